The number of aliphatic hydroxyl groups excluding tert-OH is 1. The number of ether oxygens (including phenoxy) is 1. The SMILES string of the molecule is O[C@@H](CNCCOc1ccc(-c2cocn2)cc1)c1ccc(Cl)nc1. The summed E-state index contributed by atoms with van der Waals surface area (Å²) in [7, 11) is 0. The fourth-order valence-electron chi connectivity index (χ4n) is 2.26. The predicted molar refractivity (Wildman–Crippen MR) is 94.5 cm³/mol. The van der Waals surface area contributed by atoms with Gasteiger partial charge in [-0.05, 0) is 30.3 Å². The second-order valence-corrected chi connectivity index (χ2v) is 5.77. The van der Waals surface area contributed by atoms with Gasteiger partial charge < -0.3 is 19.6 Å². The maximum absolute atomic E-state index is 10.0. The molecule has 1 aromatic carbocycles. The average Bonchev–Trinajstić information content (AvgIpc) is 3.17. The van der Waals surface area contributed by atoms with Gasteiger partial charge in [0.2, 0.25) is 0 Å². The van der Waals surface area contributed by atoms with Gasteiger partial charge in [0.15, 0.2) is 6.39 Å². The molecular formula is C18H18ClN3O3. The fourth-order valence-corrected chi connectivity index (χ4v) is 2.37. The van der Waals surface area contributed by atoms with Crippen molar-refractivity contribution in [2.75, 3.05) is 19.7 Å². The van der Waals surface area contributed by atoms with Crippen LogP contribution in [0.2, 0.25) is 5.15 Å². The summed E-state index contributed by atoms with van der Waals surface area (Å²) in [5, 5.41) is 13.6. The van der Waals surface area contributed by atoms with Crippen LogP contribution in [0.15, 0.2) is 59.7 Å². The molecule has 3 aromatic rings. The molecule has 1 atom stereocenters. The standard InChI is InChI=1S/C18H18ClN3O3/c19-18-6-3-14(9-21-18)17(23)10-20-7-8-25-15-4-1-13(2-5-15)16-11-24-12-22-16/h1-6,9,11-12,17,20,23H,7-8,10H2/t17-/m0/s1. The largest absolute Gasteiger partial charge is 0.492 e. The van der Waals surface area contributed by atoms with Crippen molar-refractivity contribution < 1.29 is 14.3 Å². The number of benzene rings is 1. The van der Waals surface area contributed by atoms with E-state index >= 15 is 0 Å². The Morgan fingerprint density at radius 3 is 2.68 bits per heavy atom. The molecule has 0 aliphatic rings. The number of aliphatic hydroxyl groups is 1. The Balaban J connectivity index is 1.37. The number of pyridine rings is 1. The lowest BCUT2D eigenvalue weighted by Crippen LogP contribution is -2.26. The zero-order valence-electron chi connectivity index (χ0n) is 13.4. The third-order valence-corrected chi connectivity index (χ3v) is 3.83. The highest BCUT2D eigenvalue weighted by Gasteiger charge is 2.07. The van der Waals surface area contributed by atoms with Crippen LogP contribution in [0, 0.1) is 0 Å². The minimum absolute atomic E-state index is 0.409. The Morgan fingerprint density at radius 2 is 2.00 bits per heavy atom. The second-order valence-electron chi connectivity index (χ2n) is 5.38. The van der Waals surface area contributed by atoms with Gasteiger partial charge in [-0.15, -0.1) is 0 Å². The molecule has 0 saturated carbocycles. The number of halogens is 1. The number of nitrogens with one attached hydrogen (secondary N) is 1. The molecule has 0 aliphatic heterocycles. The van der Waals surface area contributed by atoms with E-state index in [9.17, 15) is 5.11 Å². The summed E-state index contributed by atoms with van der Waals surface area (Å²) in [5.41, 5.74) is 2.49. The molecule has 0 radical (unpaired) electrons. The highest BCUT2D eigenvalue weighted by Crippen LogP contribution is 2.20. The Hall–Kier alpha value is -2.41. The van der Waals surface area contributed by atoms with Gasteiger partial charge in [0, 0.05) is 30.4 Å². The summed E-state index contributed by atoms with van der Waals surface area (Å²) in [6.07, 6.45) is 3.94. The molecule has 0 unspecified atom stereocenters. The number of rotatable bonds is 8. The molecule has 0 aliphatic carbocycles. The normalized spacial score (nSPS) is 12.1. The molecule has 2 heterocycles. The van der Waals surface area contributed by atoms with Gasteiger partial charge in [0.1, 0.15) is 29.5 Å². The summed E-state index contributed by atoms with van der Waals surface area (Å²) in [5.74, 6) is 0.775. The van der Waals surface area contributed by atoms with Crippen molar-refractivity contribution in [1.82, 2.24) is 15.3 Å². The first-order valence-corrected chi connectivity index (χ1v) is 8.22. The van der Waals surface area contributed by atoms with Crippen LogP contribution in [-0.4, -0.2) is 34.8 Å². The van der Waals surface area contributed by atoms with Crippen molar-refractivity contribution in [3.63, 3.8) is 0 Å². The van der Waals surface area contributed by atoms with Crippen LogP contribution in [0.5, 0.6) is 5.75 Å². The summed E-state index contributed by atoms with van der Waals surface area (Å²) in [6.45, 7) is 1.52. The first kappa shape index (κ1) is 17.4. The van der Waals surface area contributed by atoms with E-state index in [-0.39, 0.29) is 0 Å². The predicted octanol–water partition coefficient (Wildman–Crippen LogP) is 3.09. The molecule has 2 aromatic heterocycles. The van der Waals surface area contributed by atoms with E-state index in [0.717, 1.165) is 22.6 Å². The van der Waals surface area contributed by atoms with E-state index in [1.54, 1.807) is 24.6 Å². The third-order valence-electron chi connectivity index (χ3n) is 3.60. The van der Waals surface area contributed by atoms with Crippen LogP contribution >= 0.6 is 11.6 Å². The minimum Gasteiger partial charge on any atom is -0.492 e. The Kier molecular flexibility index (Phi) is 6.00. The number of hydrogen-bond donors (Lipinski definition) is 2. The zero-order chi connectivity index (χ0) is 17.5. The maximum Gasteiger partial charge on any atom is 0.181 e. The number of aromatic nitrogens is 2. The third kappa shape index (κ3) is 5.03. The lowest BCUT2D eigenvalue weighted by atomic mass is 10.1. The summed E-state index contributed by atoms with van der Waals surface area (Å²) in [6, 6.07) is 11.0. The molecule has 0 spiro atoms. The van der Waals surface area contributed by atoms with Crippen molar-refractivity contribution in [2.24, 2.45) is 0 Å². The smallest absolute Gasteiger partial charge is 0.181 e. The molecule has 0 bridgehead atoms. The minimum atomic E-state index is -0.633. The monoisotopic (exact) mass is 359 g/mol. The van der Waals surface area contributed by atoms with Gasteiger partial charge in [-0.1, -0.05) is 17.7 Å². The van der Waals surface area contributed by atoms with E-state index in [4.69, 9.17) is 20.8 Å². The molecule has 6 nitrogen and oxygen atoms in total. The van der Waals surface area contributed by atoms with Crippen molar-refractivity contribution in [3.8, 4) is 17.0 Å². The molecule has 2 N–H and O–H groups in total. The Labute approximate surface area is 150 Å². The van der Waals surface area contributed by atoms with E-state index in [2.05, 4.69) is 15.3 Å². The molecule has 0 fully saturated rings. The summed E-state index contributed by atoms with van der Waals surface area (Å²) >= 11 is 5.73. The molecule has 0 amide bonds. The fraction of sp³-hybridized carbons (Fsp3) is 0.222. The molecule has 130 valence electrons. The first-order valence-electron chi connectivity index (χ1n) is 7.84. The zero-order valence-corrected chi connectivity index (χ0v) is 14.2. The molecular weight excluding hydrogens is 342 g/mol. The molecule has 7 heteroatoms. The van der Waals surface area contributed by atoms with Gasteiger partial charge in [-0.25, -0.2) is 9.97 Å². The van der Waals surface area contributed by atoms with Crippen LogP contribution in [0.3, 0.4) is 0 Å². The summed E-state index contributed by atoms with van der Waals surface area (Å²) in [4.78, 5) is 8.05. The van der Waals surface area contributed by atoms with Crippen molar-refractivity contribution >= 4 is 11.6 Å². The first-order chi connectivity index (χ1) is 12.2. The Morgan fingerprint density at radius 1 is 1.16 bits per heavy atom. The van der Waals surface area contributed by atoms with Gasteiger partial charge in [0.25, 0.3) is 0 Å². The van der Waals surface area contributed by atoms with Crippen LogP contribution < -0.4 is 10.1 Å². The number of oxazole rings is 1. The van der Waals surface area contributed by atoms with Crippen LogP contribution in [0.4, 0.5) is 0 Å². The van der Waals surface area contributed by atoms with Crippen molar-refractivity contribution in [1.29, 1.82) is 0 Å². The van der Waals surface area contributed by atoms with Crippen LogP contribution in [0.1, 0.15) is 11.7 Å². The quantitative estimate of drug-likeness (QED) is 0.475. The lowest BCUT2D eigenvalue weighted by Gasteiger charge is -2.12. The van der Waals surface area contributed by atoms with E-state index < -0.39 is 6.10 Å². The number of hydrogen-bond acceptors (Lipinski definition) is 6. The molecule has 0 saturated heterocycles. The molecule has 25 heavy (non-hydrogen) atoms. The Bertz CT molecular complexity index is 761. The maximum atomic E-state index is 10.0. The van der Waals surface area contributed by atoms with Crippen molar-refractivity contribution in [3.05, 3.63) is 66.0 Å². The lowest BCUT2D eigenvalue weighted by molar-refractivity contribution is 0.171. The second kappa shape index (κ2) is 8.62. The average molecular weight is 360 g/mol. The number of nitrogens with zero attached hydrogens (tertiary/aromatic N) is 2. The highest BCUT2D eigenvalue weighted by molar-refractivity contribution is 6.29. The highest BCUT2D eigenvalue weighted by atomic mass is 35.5. The van der Waals surface area contributed by atoms with Gasteiger partial charge in [-0.2, -0.15) is 0 Å². The van der Waals surface area contributed by atoms with E-state index in [0.29, 0.717) is 24.8 Å². The van der Waals surface area contributed by atoms with Gasteiger partial charge in [0.05, 0.1) is 6.10 Å². The topological polar surface area (TPSA) is 80.4 Å². The van der Waals surface area contributed by atoms with Crippen molar-refractivity contribution in [2.45, 2.75) is 6.10 Å². The van der Waals surface area contributed by atoms with E-state index in [1.807, 2.05) is 24.3 Å². The van der Waals surface area contributed by atoms with Gasteiger partial charge >= 0.3 is 0 Å². The van der Waals surface area contributed by atoms with Gasteiger partial charge in [-0.3, -0.25) is 0 Å². The van der Waals surface area contributed by atoms with Crippen LogP contribution in [0.25, 0.3) is 11.3 Å². The van der Waals surface area contributed by atoms with Crippen LogP contribution in [-0.2, 0) is 0 Å². The molecule has 3 rings (SSSR count). The van der Waals surface area contributed by atoms with E-state index in [1.165, 1.54) is 6.39 Å². The summed E-state index contributed by atoms with van der Waals surface area (Å²) < 4.78 is 10.6.